The fourth-order valence-corrected chi connectivity index (χ4v) is 1.41. The van der Waals surface area contributed by atoms with Gasteiger partial charge in [-0.25, -0.2) is 0 Å². The molecule has 1 aromatic rings. The molecule has 0 aliphatic carbocycles. The SMILES string of the molecule is C#C[C@H](C)[C@H](O)[C@H](C)OCc1ccccc1. The maximum Gasteiger partial charge on any atom is 0.0933 e. The van der Waals surface area contributed by atoms with Gasteiger partial charge in [0.05, 0.1) is 18.8 Å². The smallest absolute Gasteiger partial charge is 0.0933 e. The average molecular weight is 218 g/mol. The number of terminal acetylenes is 1. The zero-order valence-corrected chi connectivity index (χ0v) is 9.76. The number of benzene rings is 1. The molecule has 1 rings (SSSR count). The van der Waals surface area contributed by atoms with Crippen molar-refractivity contribution in [2.24, 2.45) is 5.92 Å². The summed E-state index contributed by atoms with van der Waals surface area (Å²) >= 11 is 0. The van der Waals surface area contributed by atoms with Gasteiger partial charge in [0.2, 0.25) is 0 Å². The lowest BCUT2D eigenvalue weighted by Crippen LogP contribution is -2.31. The van der Waals surface area contributed by atoms with E-state index in [1.54, 1.807) is 0 Å². The quantitative estimate of drug-likeness (QED) is 0.768. The molecule has 0 amide bonds. The van der Waals surface area contributed by atoms with Crippen LogP contribution in [0.1, 0.15) is 19.4 Å². The van der Waals surface area contributed by atoms with Crippen molar-refractivity contribution in [2.75, 3.05) is 0 Å². The molecule has 0 bridgehead atoms. The predicted molar refractivity (Wildman–Crippen MR) is 64.7 cm³/mol. The molecule has 0 aromatic heterocycles. The van der Waals surface area contributed by atoms with Gasteiger partial charge in [0.15, 0.2) is 0 Å². The minimum absolute atomic E-state index is 0.189. The highest BCUT2D eigenvalue weighted by Crippen LogP contribution is 2.11. The average Bonchev–Trinajstić information content (AvgIpc) is 2.35. The molecule has 0 saturated heterocycles. The van der Waals surface area contributed by atoms with E-state index in [9.17, 15) is 5.11 Å². The molecular formula is C14H18O2. The molecule has 2 nitrogen and oxygen atoms in total. The second-order valence-corrected chi connectivity index (χ2v) is 3.95. The Morgan fingerprint density at radius 1 is 1.31 bits per heavy atom. The van der Waals surface area contributed by atoms with Crippen LogP contribution in [0, 0.1) is 18.3 Å². The van der Waals surface area contributed by atoms with Gasteiger partial charge in [0.25, 0.3) is 0 Å². The summed E-state index contributed by atoms with van der Waals surface area (Å²) in [5.74, 6) is 2.32. The Balaban J connectivity index is 2.41. The fourth-order valence-electron chi connectivity index (χ4n) is 1.41. The van der Waals surface area contributed by atoms with Gasteiger partial charge >= 0.3 is 0 Å². The lowest BCUT2D eigenvalue weighted by atomic mass is 10.0. The molecule has 0 aliphatic rings. The van der Waals surface area contributed by atoms with E-state index in [4.69, 9.17) is 11.2 Å². The Hall–Kier alpha value is -1.30. The Labute approximate surface area is 97.3 Å². The normalized spacial score (nSPS) is 16.1. The van der Waals surface area contributed by atoms with E-state index >= 15 is 0 Å². The number of hydrogen-bond acceptors (Lipinski definition) is 2. The van der Waals surface area contributed by atoms with Crippen LogP contribution in [0.4, 0.5) is 0 Å². The maximum absolute atomic E-state index is 9.80. The van der Waals surface area contributed by atoms with Crippen LogP contribution in [-0.2, 0) is 11.3 Å². The Morgan fingerprint density at radius 2 is 1.94 bits per heavy atom. The van der Waals surface area contributed by atoms with Gasteiger partial charge in [-0.3, -0.25) is 0 Å². The van der Waals surface area contributed by atoms with Crippen molar-refractivity contribution >= 4 is 0 Å². The van der Waals surface area contributed by atoms with Crippen molar-refractivity contribution in [3.8, 4) is 12.3 Å². The van der Waals surface area contributed by atoms with Crippen LogP contribution >= 0.6 is 0 Å². The first-order valence-corrected chi connectivity index (χ1v) is 5.45. The van der Waals surface area contributed by atoms with E-state index in [1.165, 1.54) is 0 Å². The largest absolute Gasteiger partial charge is 0.389 e. The van der Waals surface area contributed by atoms with Gasteiger partial charge in [-0.05, 0) is 19.4 Å². The molecule has 0 spiro atoms. The number of aliphatic hydroxyl groups is 1. The Morgan fingerprint density at radius 3 is 2.50 bits per heavy atom. The van der Waals surface area contributed by atoms with E-state index in [2.05, 4.69) is 5.92 Å². The summed E-state index contributed by atoms with van der Waals surface area (Å²) in [6.07, 6.45) is 4.38. The molecule has 0 fully saturated rings. The van der Waals surface area contributed by atoms with Crippen LogP contribution in [-0.4, -0.2) is 17.3 Å². The molecule has 3 atom stereocenters. The molecule has 0 radical (unpaired) electrons. The van der Waals surface area contributed by atoms with Crippen LogP contribution in [0.15, 0.2) is 30.3 Å². The molecule has 0 unspecified atom stereocenters. The lowest BCUT2D eigenvalue weighted by molar-refractivity contribution is -0.0473. The van der Waals surface area contributed by atoms with Crippen molar-refractivity contribution in [1.29, 1.82) is 0 Å². The first kappa shape index (κ1) is 12.8. The van der Waals surface area contributed by atoms with Gasteiger partial charge in [-0.15, -0.1) is 12.3 Å². The van der Waals surface area contributed by atoms with Crippen molar-refractivity contribution in [2.45, 2.75) is 32.7 Å². The third-order valence-corrected chi connectivity index (χ3v) is 2.61. The summed E-state index contributed by atoms with van der Waals surface area (Å²) in [6.45, 7) is 4.14. The number of aliphatic hydroxyl groups excluding tert-OH is 1. The predicted octanol–water partition coefficient (Wildman–Crippen LogP) is 2.22. The van der Waals surface area contributed by atoms with Crippen LogP contribution in [0.5, 0.6) is 0 Å². The van der Waals surface area contributed by atoms with Gasteiger partial charge in [-0.1, -0.05) is 30.3 Å². The van der Waals surface area contributed by atoms with E-state index in [0.29, 0.717) is 6.61 Å². The molecule has 86 valence electrons. The monoisotopic (exact) mass is 218 g/mol. The van der Waals surface area contributed by atoms with E-state index in [1.807, 2.05) is 44.2 Å². The molecule has 0 saturated carbocycles. The standard InChI is InChI=1S/C14H18O2/c1-4-11(2)14(15)12(3)16-10-13-8-6-5-7-9-13/h1,5-9,11-12,14-15H,10H2,2-3H3/t11-,12-,14-/m0/s1. The van der Waals surface area contributed by atoms with E-state index < -0.39 is 6.10 Å². The van der Waals surface area contributed by atoms with E-state index in [0.717, 1.165) is 5.56 Å². The molecule has 2 heteroatoms. The van der Waals surface area contributed by atoms with Gasteiger partial charge < -0.3 is 9.84 Å². The molecular weight excluding hydrogens is 200 g/mol. The first-order chi connectivity index (χ1) is 7.65. The van der Waals surface area contributed by atoms with Crippen LogP contribution in [0.25, 0.3) is 0 Å². The highest BCUT2D eigenvalue weighted by atomic mass is 16.5. The molecule has 1 N–H and O–H groups in total. The van der Waals surface area contributed by atoms with Crippen molar-refractivity contribution < 1.29 is 9.84 Å². The van der Waals surface area contributed by atoms with Gasteiger partial charge in [0.1, 0.15) is 0 Å². The third-order valence-electron chi connectivity index (χ3n) is 2.61. The minimum atomic E-state index is -0.617. The second kappa shape index (κ2) is 6.32. The highest BCUT2D eigenvalue weighted by Gasteiger charge is 2.19. The van der Waals surface area contributed by atoms with Crippen molar-refractivity contribution in [3.63, 3.8) is 0 Å². The zero-order chi connectivity index (χ0) is 12.0. The summed E-state index contributed by atoms with van der Waals surface area (Å²) in [6, 6.07) is 9.86. The zero-order valence-electron chi connectivity index (χ0n) is 9.76. The van der Waals surface area contributed by atoms with Crippen molar-refractivity contribution in [3.05, 3.63) is 35.9 Å². The number of hydrogen-bond donors (Lipinski definition) is 1. The second-order valence-electron chi connectivity index (χ2n) is 3.95. The summed E-state index contributed by atoms with van der Waals surface area (Å²) in [5, 5.41) is 9.80. The summed E-state index contributed by atoms with van der Waals surface area (Å²) in [4.78, 5) is 0. The fraction of sp³-hybridized carbons (Fsp3) is 0.429. The van der Waals surface area contributed by atoms with E-state index in [-0.39, 0.29) is 12.0 Å². The molecule has 1 aromatic carbocycles. The van der Waals surface area contributed by atoms with Gasteiger partial charge in [0, 0.05) is 5.92 Å². The number of ether oxygens (including phenoxy) is 1. The van der Waals surface area contributed by atoms with Crippen molar-refractivity contribution in [1.82, 2.24) is 0 Å². The topological polar surface area (TPSA) is 29.5 Å². The molecule has 0 heterocycles. The lowest BCUT2D eigenvalue weighted by Gasteiger charge is -2.21. The summed E-state index contributed by atoms with van der Waals surface area (Å²) in [7, 11) is 0. The molecule has 16 heavy (non-hydrogen) atoms. The number of rotatable bonds is 5. The Bertz CT molecular complexity index is 340. The summed E-state index contributed by atoms with van der Waals surface area (Å²) in [5.41, 5.74) is 1.09. The molecule has 0 aliphatic heterocycles. The van der Waals surface area contributed by atoms with Gasteiger partial charge in [-0.2, -0.15) is 0 Å². The third kappa shape index (κ3) is 3.69. The highest BCUT2D eigenvalue weighted by molar-refractivity contribution is 5.13. The van der Waals surface area contributed by atoms with Crippen LogP contribution in [0.3, 0.4) is 0 Å². The van der Waals surface area contributed by atoms with Crippen LogP contribution in [0.2, 0.25) is 0 Å². The maximum atomic E-state index is 9.80. The summed E-state index contributed by atoms with van der Waals surface area (Å²) < 4.78 is 5.57. The minimum Gasteiger partial charge on any atom is -0.389 e. The first-order valence-electron chi connectivity index (χ1n) is 5.45. The Kier molecular flexibility index (Phi) is 5.04. The van der Waals surface area contributed by atoms with Crippen LogP contribution < -0.4 is 0 Å².